The summed E-state index contributed by atoms with van der Waals surface area (Å²) in [6.07, 6.45) is 3.94. The molecule has 0 N–H and O–H groups in total. The van der Waals surface area contributed by atoms with Gasteiger partial charge in [-0.05, 0) is 25.7 Å². The predicted octanol–water partition coefficient (Wildman–Crippen LogP) is 1.48. The lowest BCUT2D eigenvalue weighted by atomic mass is 9.88. The molecular formula is C8H14N4O2. The highest BCUT2D eigenvalue weighted by Crippen LogP contribution is 2.33. The van der Waals surface area contributed by atoms with Crippen LogP contribution in [0.3, 0.4) is 0 Å². The van der Waals surface area contributed by atoms with Gasteiger partial charge < -0.3 is 0 Å². The highest BCUT2D eigenvalue weighted by molar-refractivity contribution is 4.85. The van der Waals surface area contributed by atoms with Crippen LogP contribution in [0.2, 0.25) is 0 Å². The zero-order valence-electron chi connectivity index (χ0n) is 8.00. The predicted molar refractivity (Wildman–Crippen MR) is 50.7 cm³/mol. The maximum Gasteiger partial charge on any atom is 0.143 e. The normalized spacial score (nSPS) is 32.3. The average Bonchev–Trinajstić information content (AvgIpc) is 2.27. The number of hydrogen-bond donors (Lipinski definition) is 0. The molecule has 2 saturated heterocycles. The largest absolute Gasteiger partial charge is 0.237 e. The second-order valence-corrected chi connectivity index (χ2v) is 3.95. The molecule has 0 atom stereocenters. The summed E-state index contributed by atoms with van der Waals surface area (Å²) in [6, 6.07) is 0. The van der Waals surface area contributed by atoms with Crippen molar-refractivity contribution in [1.82, 2.24) is 10.0 Å². The molecule has 2 fully saturated rings. The third-order valence-corrected chi connectivity index (χ3v) is 3.17. The number of nitrogens with zero attached hydrogens (tertiary/aromatic N) is 4. The number of fused-ring (bicyclic) bond motifs is 1. The lowest BCUT2D eigenvalue weighted by molar-refractivity contribution is -0.0538. The molecule has 0 saturated carbocycles. The Balaban J connectivity index is 2.15. The van der Waals surface area contributed by atoms with E-state index < -0.39 is 0 Å². The minimum atomic E-state index is -0.174. The minimum absolute atomic E-state index is 0.174. The van der Waals surface area contributed by atoms with Crippen LogP contribution in [0.25, 0.3) is 0 Å². The van der Waals surface area contributed by atoms with Crippen LogP contribution in [0.5, 0.6) is 0 Å². The first-order valence-electron chi connectivity index (χ1n) is 5.06. The maximum absolute atomic E-state index is 10.6. The molecule has 0 aromatic heterocycles. The molecule has 2 aliphatic rings. The quantitative estimate of drug-likeness (QED) is 0.630. The van der Waals surface area contributed by atoms with Crippen LogP contribution in [0.15, 0.2) is 10.6 Å². The summed E-state index contributed by atoms with van der Waals surface area (Å²) in [4.78, 5) is 21.2. The summed E-state index contributed by atoms with van der Waals surface area (Å²) in [5, 5.41) is 8.88. The van der Waals surface area contributed by atoms with Crippen LogP contribution in [-0.2, 0) is 0 Å². The second kappa shape index (κ2) is 3.89. The third kappa shape index (κ3) is 1.44. The van der Waals surface area contributed by atoms with Gasteiger partial charge in [-0.25, -0.2) is 10.0 Å². The van der Waals surface area contributed by atoms with Crippen molar-refractivity contribution < 1.29 is 0 Å². The van der Waals surface area contributed by atoms with E-state index >= 15 is 0 Å². The van der Waals surface area contributed by atoms with Crippen LogP contribution in [0.1, 0.15) is 25.7 Å². The van der Waals surface area contributed by atoms with Crippen molar-refractivity contribution in [3.05, 3.63) is 9.81 Å². The summed E-state index contributed by atoms with van der Waals surface area (Å²) >= 11 is 0. The SMILES string of the molecule is O=NN1CCCC2CCCN(N=O)C21. The van der Waals surface area contributed by atoms with E-state index in [9.17, 15) is 9.81 Å². The second-order valence-electron chi connectivity index (χ2n) is 3.95. The number of nitroso groups, excluding NO2 is 2. The van der Waals surface area contributed by atoms with Gasteiger partial charge >= 0.3 is 0 Å². The third-order valence-electron chi connectivity index (χ3n) is 3.17. The fraction of sp³-hybridized carbons (Fsp3) is 1.00. The van der Waals surface area contributed by atoms with Crippen molar-refractivity contribution in [2.24, 2.45) is 16.5 Å². The number of hydrogen-bond acceptors (Lipinski definition) is 4. The Labute approximate surface area is 82.1 Å². The molecule has 6 heteroatoms. The summed E-state index contributed by atoms with van der Waals surface area (Å²) in [7, 11) is 0. The fourth-order valence-electron chi connectivity index (χ4n) is 2.56. The minimum Gasteiger partial charge on any atom is -0.237 e. The Morgan fingerprint density at radius 2 is 1.43 bits per heavy atom. The van der Waals surface area contributed by atoms with Gasteiger partial charge in [-0.1, -0.05) is 0 Å². The van der Waals surface area contributed by atoms with Gasteiger partial charge in [-0.15, -0.1) is 9.81 Å². The van der Waals surface area contributed by atoms with Crippen LogP contribution in [0, 0.1) is 15.7 Å². The standard InChI is InChI=1S/C8H14N4O2/c13-9-11-5-1-3-7-4-2-6-12(10-14)8(7)11/h7-8H,1-6H2. The molecule has 2 rings (SSSR count). The van der Waals surface area contributed by atoms with Crippen LogP contribution < -0.4 is 0 Å². The van der Waals surface area contributed by atoms with E-state index in [2.05, 4.69) is 10.6 Å². The molecule has 0 amide bonds. The lowest BCUT2D eigenvalue weighted by Gasteiger charge is -2.44. The molecule has 0 aromatic carbocycles. The molecule has 0 unspecified atom stereocenters. The van der Waals surface area contributed by atoms with E-state index in [1.165, 1.54) is 10.0 Å². The van der Waals surface area contributed by atoms with Crippen molar-refractivity contribution in [2.75, 3.05) is 13.1 Å². The Morgan fingerprint density at radius 3 is 1.86 bits per heavy atom. The van der Waals surface area contributed by atoms with E-state index in [-0.39, 0.29) is 6.17 Å². The van der Waals surface area contributed by atoms with Gasteiger partial charge in [0.05, 0.1) is 10.6 Å². The number of rotatable bonds is 2. The monoisotopic (exact) mass is 198 g/mol. The maximum atomic E-state index is 10.6. The molecule has 14 heavy (non-hydrogen) atoms. The Kier molecular flexibility index (Phi) is 2.60. The molecule has 2 aliphatic heterocycles. The summed E-state index contributed by atoms with van der Waals surface area (Å²) in [6.45, 7) is 1.30. The van der Waals surface area contributed by atoms with E-state index in [0.717, 1.165) is 25.7 Å². The van der Waals surface area contributed by atoms with Gasteiger partial charge in [0.25, 0.3) is 0 Å². The molecule has 0 aliphatic carbocycles. The first-order chi connectivity index (χ1) is 6.86. The smallest absolute Gasteiger partial charge is 0.143 e. The van der Waals surface area contributed by atoms with E-state index in [0.29, 0.717) is 19.0 Å². The fourth-order valence-corrected chi connectivity index (χ4v) is 2.56. The highest BCUT2D eigenvalue weighted by Gasteiger charge is 2.39. The van der Waals surface area contributed by atoms with E-state index in [4.69, 9.17) is 0 Å². The van der Waals surface area contributed by atoms with E-state index in [1.54, 1.807) is 0 Å². The first kappa shape index (κ1) is 9.36. The summed E-state index contributed by atoms with van der Waals surface area (Å²) in [5.74, 6) is 0.382. The molecule has 0 aromatic rings. The van der Waals surface area contributed by atoms with Gasteiger partial charge in [-0.3, -0.25) is 0 Å². The van der Waals surface area contributed by atoms with Crippen molar-refractivity contribution in [1.29, 1.82) is 0 Å². The first-order valence-corrected chi connectivity index (χ1v) is 5.06. The van der Waals surface area contributed by atoms with Crippen molar-refractivity contribution in [3.8, 4) is 0 Å². The topological polar surface area (TPSA) is 65.3 Å². The lowest BCUT2D eigenvalue weighted by Crippen LogP contribution is -2.53. The van der Waals surface area contributed by atoms with Crippen molar-refractivity contribution in [2.45, 2.75) is 31.8 Å². The van der Waals surface area contributed by atoms with Gasteiger partial charge in [0.15, 0.2) is 0 Å². The van der Waals surface area contributed by atoms with Crippen molar-refractivity contribution in [3.63, 3.8) is 0 Å². The molecule has 0 spiro atoms. The van der Waals surface area contributed by atoms with Crippen LogP contribution in [0.4, 0.5) is 0 Å². The Bertz CT molecular complexity index is 213. The molecule has 0 radical (unpaired) electrons. The van der Waals surface area contributed by atoms with Gasteiger partial charge in [0.2, 0.25) is 0 Å². The van der Waals surface area contributed by atoms with Crippen LogP contribution >= 0.6 is 0 Å². The van der Waals surface area contributed by atoms with Gasteiger partial charge in [-0.2, -0.15) is 0 Å². The van der Waals surface area contributed by atoms with E-state index in [1.807, 2.05) is 0 Å². The highest BCUT2D eigenvalue weighted by atomic mass is 16.3. The Hall–Kier alpha value is -1.20. The molecule has 6 nitrogen and oxygen atoms in total. The van der Waals surface area contributed by atoms with Crippen molar-refractivity contribution >= 4 is 0 Å². The summed E-state index contributed by atoms with van der Waals surface area (Å²) < 4.78 is 0. The van der Waals surface area contributed by atoms with Crippen LogP contribution in [-0.4, -0.2) is 29.3 Å². The molecule has 2 heterocycles. The summed E-state index contributed by atoms with van der Waals surface area (Å²) in [5.41, 5.74) is 0. The molecule has 78 valence electrons. The molecular weight excluding hydrogens is 184 g/mol. The zero-order valence-corrected chi connectivity index (χ0v) is 8.00. The number of piperidine rings is 2. The zero-order chi connectivity index (χ0) is 9.97. The van der Waals surface area contributed by atoms with Gasteiger partial charge in [0.1, 0.15) is 6.17 Å². The average molecular weight is 198 g/mol. The Morgan fingerprint density at radius 1 is 0.929 bits per heavy atom. The molecule has 0 bridgehead atoms. The van der Waals surface area contributed by atoms with Gasteiger partial charge in [0, 0.05) is 19.0 Å².